The molecule has 0 spiro atoms. The van der Waals surface area contributed by atoms with Crippen LogP contribution >= 0.6 is 15.9 Å². The van der Waals surface area contributed by atoms with Gasteiger partial charge in [-0.1, -0.05) is 41.8 Å². The second kappa shape index (κ2) is 8.30. The van der Waals surface area contributed by atoms with E-state index in [0.717, 1.165) is 18.4 Å². The monoisotopic (exact) mass is 248 g/mol. The van der Waals surface area contributed by atoms with E-state index < -0.39 is 0 Å². The average molecular weight is 249 g/mol. The molecule has 0 aromatic carbocycles. The first-order valence-corrected chi connectivity index (χ1v) is 5.71. The molecule has 0 aliphatic carbocycles. The molecular formula is C10H17BrO2. The van der Waals surface area contributed by atoms with Crippen molar-refractivity contribution in [3.05, 3.63) is 11.6 Å². The Balaban J connectivity index is 3.85. The molecule has 0 unspecified atom stereocenters. The van der Waals surface area contributed by atoms with Crippen LogP contribution in [-0.4, -0.2) is 18.4 Å². The summed E-state index contributed by atoms with van der Waals surface area (Å²) in [6.07, 6.45) is 6.48. The molecule has 13 heavy (non-hydrogen) atoms. The fourth-order valence-corrected chi connectivity index (χ4v) is 1.45. The number of hydrogen-bond donors (Lipinski definition) is 0. The minimum absolute atomic E-state index is 0.228. The van der Waals surface area contributed by atoms with E-state index in [2.05, 4.69) is 27.6 Å². The minimum Gasteiger partial charge on any atom is -0.466 e. The minimum atomic E-state index is -0.228. The first-order chi connectivity index (χ1) is 6.26. The van der Waals surface area contributed by atoms with Crippen molar-refractivity contribution in [1.82, 2.24) is 0 Å². The van der Waals surface area contributed by atoms with Gasteiger partial charge in [0.1, 0.15) is 0 Å². The highest BCUT2D eigenvalue weighted by atomic mass is 79.9. The number of rotatable bonds is 6. The van der Waals surface area contributed by atoms with E-state index in [4.69, 9.17) is 0 Å². The maximum atomic E-state index is 11.1. The van der Waals surface area contributed by atoms with E-state index in [9.17, 15) is 4.79 Å². The summed E-state index contributed by atoms with van der Waals surface area (Å²) in [6, 6.07) is 0. The van der Waals surface area contributed by atoms with Crippen LogP contribution in [-0.2, 0) is 9.53 Å². The molecule has 0 saturated carbocycles. The van der Waals surface area contributed by atoms with E-state index in [1.54, 1.807) is 0 Å². The summed E-state index contributed by atoms with van der Waals surface area (Å²) in [6.45, 7) is 2.16. The largest absolute Gasteiger partial charge is 0.466 e. The number of carbonyl (C=O) groups excluding carboxylic acids is 1. The van der Waals surface area contributed by atoms with Crippen LogP contribution in [0.3, 0.4) is 0 Å². The molecule has 76 valence electrons. The van der Waals surface area contributed by atoms with Crippen LogP contribution in [0.5, 0.6) is 0 Å². The van der Waals surface area contributed by atoms with E-state index in [1.807, 2.05) is 6.08 Å². The van der Waals surface area contributed by atoms with Gasteiger partial charge in [0, 0.05) is 10.9 Å². The standard InChI is InChI=1S/C10H17BrO2/c1-3-4-5-6-7-9(8-11)10(12)13-2/h7H,3-6,8H2,1-2H3/b9-7-. The molecule has 0 fully saturated rings. The van der Waals surface area contributed by atoms with Gasteiger partial charge in [-0.25, -0.2) is 4.79 Å². The Morgan fingerprint density at radius 3 is 2.62 bits per heavy atom. The number of carbonyl (C=O) groups is 1. The zero-order valence-electron chi connectivity index (χ0n) is 8.31. The van der Waals surface area contributed by atoms with Gasteiger partial charge in [-0.05, 0) is 12.8 Å². The third kappa shape index (κ3) is 5.86. The quantitative estimate of drug-likeness (QED) is 0.313. The lowest BCUT2D eigenvalue weighted by Gasteiger charge is -2.00. The summed E-state index contributed by atoms with van der Waals surface area (Å²) in [5.41, 5.74) is 0.721. The molecule has 3 heteroatoms. The van der Waals surface area contributed by atoms with Gasteiger partial charge in [0.05, 0.1) is 7.11 Å². The predicted molar refractivity (Wildman–Crippen MR) is 58.0 cm³/mol. The number of methoxy groups -OCH3 is 1. The molecule has 0 aliphatic heterocycles. The summed E-state index contributed by atoms with van der Waals surface area (Å²) in [7, 11) is 1.41. The average Bonchev–Trinajstić information content (AvgIpc) is 2.17. The molecule has 0 aliphatic rings. The normalized spacial score (nSPS) is 11.5. The molecule has 0 heterocycles. The van der Waals surface area contributed by atoms with Gasteiger partial charge in [-0.15, -0.1) is 0 Å². The van der Waals surface area contributed by atoms with E-state index in [-0.39, 0.29) is 5.97 Å². The van der Waals surface area contributed by atoms with Crippen LogP contribution in [0.15, 0.2) is 11.6 Å². The van der Waals surface area contributed by atoms with Gasteiger partial charge in [-0.2, -0.15) is 0 Å². The Morgan fingerprint density at radius 2 is 2.15 bits per heavy atom. The number of halogens is 1. The lowest BCUT2D eigenvalue weighted by Crippen LogP contribution is -2.05. The third-order valence-electron chi connectivity index (χ3n) is 1.79. The molecule has 0 saturated heterocycles. The number of alkyl halides is 1. The Hall–Kier alpha value is -0.310. The fourth-order valence-electron chi connectivity index (χ4n) is 0.994. The van der Waals surface area contributed by atoms with Crippen molar-refractivity contribution in [2.75, 3.05) is 12.4 Å². The molecule has 0 rings (SSSR count). The zero-order valence-corrected chi connectivity index (χ0v) is 9.89. The van der Waals surface area contributed by atoms with E-state index in [0.29, 0.717) is 5.33 Å². The van der Waals surface area contributed by atoms with Gasteiger partial charge in [0.2, 0.25) is 0 Å². The van der Waals surface area contributed by atoms with E-state index in [1.165, 1.54) is 20.0 Å². The first-order valence-electron chi connectivity index (χ1n) is 4.59. The van der Waals surface area contributed by atoms with Crippen molar-refractivity contribution < 1.29 is 9.53 Å². The lowest BCUT2D eigenvalue weighted by atomic mass is 10.1. The maximum absolute atomic E-state index is 11.1. The third-order valence-corrected chi connectivity index (χ3v) is 2.39. The summed E-state index contributed by atoms with van der Waals surface area (Å²) < 4.78 is 4.62. The SMILES string of the molecule is CCCCC/C=C(/CBr)C(=O)OC. The first kappa shape index (κ1) is 12.7. The van der Waals surface area contributed by atoms with Crippen molar-refractivity contribution in [3.63, 3.8) is 0 Å². The number of esters is 1. The Bertz CT molecular complexity index is 176. The molecule has 2 nitrogen and oxygen atoms in total. The van der Waals surface area contributed by atoms with Gasteiger partial charge in [0.25, 0.3) is 0 Å². The highest BCUT2D eigenvalue weighted by Crippen LogP contribution is 2.07. The van der Waals surface area contributed by atoms with Crippen LogP contribution in [0.1, 0.15) is 32.6 Å². The number of hydrogen-bond acceptors (Lipinski definition) is 2. The zero-order chi connectivity index (χ0) is 10.1. The van der Waals surface area contributed by atoms with Crippen molar-refractivity contribution in [1.29, 1.82) is 0 Å². The van der Waals surface area contributed by atoms with Crippen LogP contribution < -0.4 is 0 Å². The maximum Gasteiger partial charge on any atom is 0.334 e. The fraction of sp³-hybridized carbons (Fsp3) is 0.700. The lowest BCUT2D eigenvalue weighted by molar-refractivity contribution is -0.135. The van der Waals surface area contributed by atoms with Gasteiger partial charge >= 0.3 is 5.97 Å². The molecule has 0 atom stereocenters. The highest BCUT2D eigenvalue weighted by Gasteiger charge is 2.05. The van der Waals surface area contributed by atoms with Crippen LogP contribution in [0.25, 0.3) is 0 Å². The summed E-state index contributed by atoms with van der Waals surface area (Å²) in [5.74, 6) is -0.228. The highest BCUT2D eigenvalue weighted by molar-refractivity contribution is 9.09. The summed E-state index contributed by atoms with van der Waals surface area (Å²) >= 11 is 3.26. The Morgan fingerprint density at radius 1 is 1.46 bits per heavy atom. The van der Waals surface area contributed by atoms with Crippen molar-refractivity contribution in [2.24, 2.45) is 0 Å². The van der Waals surface area contributed by atoms with Gasteiger partial charge < -0.3 is 4.74 Å². The summed E-state index contributed by atoms with van der Waals surface area (Å²) in [5, 5.41) is 0.575. The molecule has 0 amide bonds. The molecule has 0 aromatic heterocycles. The van der Waals surface area contributed by atoms with Crippen molar-refractivity contribution in [3.8, 4) is 0 Å². The number of ether oxygens (including phenoxy) is 1. The topological polar surface area (TPSA) is 26.3 Å². The second-order valence-electron chi connectivity index (χ2n) is 2.85. The van der Waals surface area contributed by atoms with Crippen molar-refractivity contribution in [2.45, 2.75) is 32.6 Å². The number of unbranched alkanes of at least 4 members (excludes halogenated alkanes) is 3. The van der Waals surface area contributed by atoms with Gasteiger partial charge in [0.15, 0.2) is 0 Å². The van der Waals surface area contributed by atoms with Gasteiger partial charge in [-0.3, -0.25) is 0 Å². The Kier molecular flexibility index (Phi) is 8.10. The smallest absolute Gasteiger partial charge is 0.334 e. The molecule has 0 aromatic rings. The molecule has 0 bridgehead atoms. The molecule has 0 N–H and O–H groups in total. The second-order valence-corrected chi connectivity index (χ2v) is 3.41. The van der Waals surface area contributed by atoms with Crippen LogP contribution in [0.2, 0.25) is 0 Å². The number of allylic oxidation sites excluding steroid dienone is 1. The molecular weight excluding hydrogens is 232 g/mol. The summed E-state index contributed by atoms with van der Waals surface area (Å²) in [4.78, 5) is 11.1. The van der Waals surface area contributed by atoms with Crippen LogP contribution in [0, 0.1) is 0 Å². The van der Waals surface area contributed by atoms with Crippen molar-refractivity contribution >= 4 is 21.9 Å². The predicted octanol–water partition coefficient (Wildman–Crippen LogP) is 3.06. The van der Waals surface area contributed by atoms with E-state index >= 15 is 0 Å². The van der Waals surface area contributed by atoms with Crippen LogP contribution in [0.4, 0.5) is 0 Å². The molecule has 0 radical (unpaired) electrons. The Labute approximate surface area is 88.5 Å².